The van der Waals surface area contributed by atoms with Crippen molar-refractivity contribution in [2.24, 2.45) is 0 Å². The van der Waals surface area contributed by atoms with Gasteiger partial charge >= 0.3 is 5.97 Å². The maximum Gasteiger partial charge on any atom is 0.328 e. The van der Waals surface area contributed by atoms with E-state index < -0.39 is 6.04 Å². The Labute approximate surface area is 95.9 Å². The van der Waals surface area contributed by atoms with Gasteiger partial charge in [0.15, 0.2) is 0 Å². The molecule has 1 aliphatic rings. The molecular weight excluding hydrogens is 208 g/mol. The summed E-state index contributed by atoms with van der Waals surface area (Å²) in [6.07, 6.45) is 3.55. The highest BCUT2D eigenvalue weighted by Gasteiger charge is 2.25. The van der Waals surface area contributed by atoms with Crippen LogP contribution in [-0.4, -0.2) is 37.6 Å². The minimum atomic E-state index is -0.527. The number of amides is 1. The van der Waals surface area contributed by atoms with Crippen molar-refractivity contribution in [3.63, 3.8) is 0 Å². The number of hydrogen-bond acceptors (Lipinski definition) is 4. The fourth-order valence-electron chi connectivity index (χ4n) is 1.82. The molecule has 0 aromatic heterocycles. The number of carbonyl (C=O) groups is 2. The molecule has 1 rings (SSSR count). The van der Waals surface area contributed by atoms with Gasteiger partial charge in [0.1, 0.15) is 6.04 Å². The molecule has 1 amide bonds. The number of hydrogen-bond donors (Lipinski definition) is 2. The lowest BCUT2D eigenvalue weighted by molar-refractivity contribution is -0.145. The molecule has 2 N–H and O–H groups in total. The lowest BCUT2D eigenvalue weighted by Gasteiger charge is -2.24. The van der Waals surface area contributed by atoms with E-state index in [-0.39, 0.29) is 17.9 Å². The highest BCUT2D eigenvalue weighted by molar-refractivity contribution is 5.87. The van der Waals surface area contributed by atoms with Crippen molar-refractivity contribution in [3.8, 4) is 0 Å². The first-order valence-corrected chi connectivity index (χ1v) is 5.80. The van der Waals surface area contributed by atoms with Crippen molar-refractivity contribution in [2.45, 2.75) is 44.7 Å². The van der Waals surface area contributed by atoms with Crippen LogP contribution in [0.1, 0.15) is 32.6 Å². The molecule has 2 atom stereocenters. The second-order valence-corrected chi connectivity index (χ2v) is 4.00. The third-order valence-electron chi connectivity index (χ3n) is 2.84. The second-order valence-electron chi connectivity index (χ2n) is 4.00. The van der Waals surface area contributed by atoms with Crippen LogP contribution in [0, 0.1) is 0 Å². The van der Waals surface area contributed by atoms with Gasteiger partial charge < -0.3 is 15.4 Å². The Morgan fingerprint density at radius 3 is 2.75 bits per heavy atom. The predicted octanol–water partition coefficient (Wildman–Crippen LogP) is 0.196. The van der Waals surface area contributed by atoms with Crippen molar-refractivity contribution >= 4 is 11.9 Å². The van der Waals surface area contributed by atoms with Crippen molar-refractivity contribution < 1.29 is 14.3 Å². The molecule has 1 fully saturated rings. The van der Waals surface area contributed by atoms with Crippen molar-refractivity contribution in [2.75, 3.05) is 13.7 Å². The van der Waals surface area contributed by atoms with Gasteiger partial charge in [-0.15, -0.1) is 0 Å². The molecule has 5 nitrogen and oxygen atoms in total. The number of piperidine rings is 1. The maximum absolute atomic E-state index is 11.8. The van der Waals surface area contributed by atoms with E-state index >= 15 is 0 Å². The van der Waals surface area contributed by atoms with Gasteiger partial charge in [0, 0.05) is 0 Å². The summed E-state index contributed by atoms with van der Waals surface area (Å²) in [6, 6.07) is -0.686. The van der Waals surface area contributed by atoms with E-state index in [4.69, 9.17) is 0 Å². The summed E-state index contributed by atoms with van der Waals surface area (Å²) in [6.45, 7) is 2.71. The Bertz CT molecular complexity index is 250. The first-order valence-electron chi connectivity index (χ1n) is 5.80. The summed E-state index contributed by atoms with van der Waals surface area (Å²) in [5, 5.41) is 5.85. The molecule has 5 heteroatoms. The summed E-state index contributed by atoms with van der Waals surface area (Å²) in [4.78, 5) is 23.1. The van der Waals surface area contributed by atoms with Gasteiger partial charge in [-0.2, -0.15) is 0 Å². The second kappa shape index (κ2) is 6.48. The molecule has 0 spiro atoms. The summed E-state index contributed by atoms with van der Waals surface area (Å²) in [5.41, 5.74) is 0. The standard InChI is InChI=1S/C11H20N2O3/c1-3-8(11(15)16-2)13-10(14)9-6-4-5-7-12-9/h8-9,12H,3-7H2,1-2H3,(H,13,14)/t8?,9-/m0/s1. The summed E-state index contributed by atoms with van der Waals surface area (Å²) < 4.78 is 4.62. The van der Waals surface area contributed by atoms with E-state index in [0.29, 0.717) is 6.42 Å². The molecule has 0 aromatic rings. The molecule has 1 unspecified atom stereocenters. The number of nitrogens with one attached hydrogen (secondary N) is 2. The monoisotopic (exact) mass is 228 g/mol. The average molecular weight is 228 g/mol. The van der Waals surface area contributed by atoms with Crippen LogP contribution < -0.4 is 10.6 Å². The molecule has 0 saturated carbocycles. The number of carbonyl (C=O) groups excluding carboxylic acids is 2. The summed E-state index contributed by atoms with van der Waals surface area (Å²) >= 11 is 0. The number of esters is 1. The molecule has 1 saturated heterocycles. The zero-order valence-corrected chi connectivity index (χ0v) is 9.91. The van der Waals surface area contributed by atoms with Crippen molar-refractivity contribution in [1.82, 2.24) is 10.6 Å². The lowest BCUT2D eigenvalue weighted by atomic mass is 10.0. The van der Waals surface area contributed by atoms with Crippen molar-refractivity contribution in [3.05, 3.63) is 0 Å². The maximum atomic E-state index is 11.8. The van der Waals surface area contributed by atoms with E-state index in [0.717, 1.165) is 25.8 Å². The zero-order chi connectivity index (χ0) is 12.0. The van der Waals surface area contributed by atoms with E-state index in [9.17, 15) is 9.59 Å². The number of rotatable bonds is 4. The Morgan fingerprint density at radius 2 is 2.25 bits per heavy atom. The molecule has 0 aromatic carbocycles. The summed E-state index contributed by atoms with van der Waals surface area (Å²) in [7, 11) is 1.33. The molecule has 0 bridgehead atoms. The lowest BCUT2D eigenvalue weighted by Crippen LogP contribution is -2.51. The molecular formula is C11H20N2O3. The minimum Gasteiger partial charge on any atom is -0.467 e. The first-order chi connectivity index (χ1) is 7.69. The quantitative estimate of drug-likeness (QED) is 0.674. The molecule has 1 heterocycles. The fourth-order valence-corrected chi connectivity index (χ4v) is 1.82. The predicted molar refractivity (Wildman–Crippen MR) is 59.9 cm³/mol. The minimum absolute atomic E-state index is 0.100. The average Bonchev–Trinajstić information content (AvgIpc) is 2.35. The third-order valence-corrected chi connectivity index (χ3v) is 2.84. The Morgan fingerprint density at radius 1 is 1.50 bits per heavy atom. The largest absolute Gasteiger partial charge is 0.467 e. The normalized spacial score (nSPS) is 22.2. The molecule has 0 radical (unpaired) electrons. The van der Waals surface area contributed by atoms with Crippen LogP contribution in [0.5, 0.6) is 0 Å². The van der Waals surface area contributed by atoms with Gasteiger partial charge in [-0.25, -0.2) is 4.79 Å². The molecule has 92 valence electrons. The van der Waals surface area contributed by atoms with Gasteiger partial charge in [-0.3, -0.25) is 4.79 Å². The SMILES string of the molecule is CCC(NC(=O)[C@@H]1CCCCN1)C(=O)OC. The van der Waals surface area contributed by atoms with Crippen LogP contribution in [0.25, 0.3) is 0 Å². The van der Waals surface area contributed by atoms with Crippen LogP contribution >= 0.6 is 0 Å². The molecule has 16 heavy (non-hydrogen) atoms. The molecule has 1 aliphatic heterocycles. The highest BCUT2D eigenvalue weighted by Crippen LogP contribution is 2.07. The van der Waals surface area contributed by atoms with Gasteiger partial charge in [0.05, 0.1) is 13.2 Å². The van der Waals surface area contributed by atoms with Crippen LogP contribution in [0.15, 0.2) is 0 Å². The van der Waals surface area contributed by atoms with Crippen LogP contribution in [-0.2, 0) is 14.3 Å². The van der Waals surface area contributed by atoms with E-state index in [1.165, 1.54) is 7.11 Å². The Hall–Kier alpha value is -1.10. The van der Waals surface area contributed by atoms with Gasteiger partial charge in [-0.1, -0.05) is 13.3 Å². The van der Waals surface area contributed by atoms with E-state index in [2.05, 4.69) is 15.4 Å². The fraction of sp³-hybridized carbons (Fsp3) is 0.818. The smallest absolute Gasteiger partial charge is 0.328 e. The topological polar surface area (TPSA) is 67.4 Å². The van der Waals surface area contributed by atoms with Gasteiger partial charge in [0.2, 0.25) is 5.91 Å². The Balaban J connectivity index is 2.44. The summed E-state index contributed by atoms with van der Waals surface area (Å²) in [5.74, 6) is -0.483. The van der Waals surface area contributed by atoms with Crippen LogP contribution in [0.2, 0.25) is 0 Å². The number of ether oxygens (including phenoxy) is 1. The van der Waals surface area contributed by atoms with Crippen molar-refractivity contribution in [1.29, 1.82) is 0 Å². The first kappa shape index (κ1) is 13.0. The molecule has 0 aliphatic carbocycles. The Kier molecular flexibility index (Phi) is 5.25. The zero-order valence-electron chi connectivity index (χ0n) is 9.91. The van der Waals surface area contributed by atoms with Gasteiger partial charge in [0.25, 0.3) is 0 Å². The van der Waals surface area contributed by atoms with Gasteiger partial charge in [-0.05, 0) is 25.8 Å². The highest BCUT2D eigenvalue weighted by atomic mass is 16.5. The number of methoxy groups -OCH3 is 1. The van der Waals surface area contributed by atoms with Crippen LogP contribution in [0.3, 0.4) is 0 Å². The van der Waals surface area contributed by atoms with E-state index in [1.54, 1.807) is 0 Å². The van der Waals surface area contributed by atoms with Crippen LogP contribution in [0.4, 0.5) is 0 Å². The third kappa shape index (κ3) is 3.48. The van der Waals surface area contributed by atoms with E-state index in [1.807, 2.05) is 6.92 Å².